The van der Waals surface area contributed by atoms with Gasteiger partial charge in [0.05, 0.1) is 46.6 Å². The number of anilines is 2. The lowest BCUT2D eigenvalue weighted by Gasteiger charge is -2.31. The number of amides is 2. The Morgan fingerprint density at radius 3 is 1.16 bits per heavy atom. The van der Waals surface area contributed by atoms with Crippen LogP contribution in [0.4, 0.5) is 72.8 Å². The minimum absolute atomic E-state index is 0.00540. The zero-order valence-corrected chi connectivity index (χ0v) is 26.5. The third-order valence-corrected chi connectivity index (χ3v) is 9.72. The van der Waals surface area contributed by atoms with Gasteiger partial charge in [0, 0.05) is 53.7 Å². The van der Waals surface area contributed by atoms with Gasteiger partial charge in [0.25, 0.3) is 11.8 Å². The van der Waals surface area contributed by atoms with Crippen molar-refractivity contribution in [2.24, 2.45) is 0 Å². The van der Waals surface area contributed by atoms with Gasteiger partial charge in [-0.25, -0.2) is 0 Å². The normalized spacial score (nSPS) is 16.2. The highest BCUT2D eigenvalue weighted by Crippen LogP contribution is 2.55. The minimum Gasteiger partial charge on any atom is -0.300 e. The van der Waals surface area contributed by atoms with E-state index < -0.39 is 83.4 Å². The van der Waals surface area contributed by atoms with Crippen LogP contribution in [0.3, 0.4) is 0 Å². The highest BCUT2D eigenvalue weighted by atomic mass is 79.9. The first-order chi connectivity index (χ1) is 22.8. The maximum atomic E-state index is 14.6. The van der Waals surface area contributed by atoms with Crippen LogP contribution in [0.1, 0.15) is 20.7 Å². The largest absolute Gasteiger partial charge is 0.459 e. The molecule has 4 heterocycles. The zero-order chi connectivity index (χ0) is 37.0. The highest BCUT2D eigenvalue weighted by Gasteiger charge is 2.74. The lowest BCUT2D eigenvalue weighted by Crippen LogP contribution is -2.57. The van der Waals surface area contributed by atoms with Crippen LogP contribution in [-0.4, -0.2) is 70.9 Å². The third kappa shape index (κ3) is 4.19. The number of carbonyl (C=O) groups excluding carboxylic acids is 2. The molecule has 0 aliphatic carbocycles. The number of fused-ring (bicyclic) bond motifs is 2. The zero-order valence-electron chi connectivity index (χ0n) is 23.4. The summed E-state index contributed by atoms with van der Waals surface area (Å²) in [6.07, 6.45) is -11.8. The fourth-order valence-electron chi connectivity index (χ4n) is 6.25. The number of benzene rings is 3. The second-order valence-corrected chi connectivity index (χ2v) is 13.1. The monoisotopic (exact) mass is 856 g/mol. The summed E-state index contributed by atoms with van der Waals surface area (Å²) < 4.78 is 191. The molecule has 0 atom stereocenters. The number of alkyl halides is 14. The average Bonchev–Trinajstić information content (AvgIpc) is 3.42. The van der Waals surface area contributed by atoms with E-state index in [0.717, 1.165) is 24.5 Å². The summed E-state index contributed by atoms with van der Waals surface area (Å²) in [5, 5.41) is -0.600. The summed E-state index contributed by atoms with van der Waals surface area (Å²) in [7, 11) is 0. The predicted octanol–water partition coefficient (Wildman–Crippen LogP) is 9.64. The van der Waals surface area contributed by atoms with Crippen molar-refractivity contribution in [2.45, 2.75) is 36.0 Å². The topological polar surface area (TPSA) is 66.4 Å². The molecular weight excluding hydrogens is 850 g/mol. The van der Waals surface area contributed by atoms with Crippen molar-refractivity contribution in [1.29, 1.82) is 0 Å². The van der Waals surface area contributed by atoms with Crippen LogP contribution in [0, 0.1) is 0 Å². The lowest BCUT2D eigenvalue weighted by molar-refractivity contribution is -0.351. The molecule has 50 heavy (non-hydrogen) atoms. The standard InChI is InChI=1S/C28H8Br2F14N4O2/c29-11-1-7-13-15-9(21(49)47(19(11)15)5-23(31,32)25(35,36)27(39,40)41)4-46-18(13)8-2-12(30)20-16-10(3-45-17(7)14(8)16)22(50)48(20)6-24(33,34)26(37,38)28(42,43)44/h1-4H,5-6H2. The van der Waals surface area contributed by atoms with Crippen LogP contribution in [0.25, 0.3) is 43.4 Å². The second kappa shape index (κ2) is 9.94. The molecule has 0 N–H and O–H groups in total. The van der Waals surface area contributed by atoms with Crippen molar-refractivity contribution in [3.8, 4) is 0 Å². The molecular formula is C28H8Br2F14N4O2. The van der Waals surface area contributed by atoms with Crippen molar-refractivity contribution in [3.63, 3.8) is 0 Å². The van der Waals surface area contributed by atoms with Gasteiger partial charge in [-0.1, -0.05) is 0 Å². The molecule has 264 valence electrons. The Labute approximate surface area is 282 Å². The summed E-state index contributed by atoms with van der Waals surface area (Å²) in [4.78, 5) is 34.9. The van der Waals surface area contributed by atoms with Gasteiger partial charge in [0.15, 0.2) is 0 Å². The van der Waals surface area contributed by atoms with Crippen LogP contribution >= 0.6 is 31.9 Å². The van der Waals surface area contributed by atoms with E-state index in [1.165, 1.54) is 0 Å². The summed E-state index contributed by atoms with van der Waals surface area (Å²) in [5.41, 5.74) is -2.27. The van der Waals surface area contributed by atoms with Crippen molar-refractivity contribution in [3.05, 3.63) is 44.6 Å². The first-order valence-electron chi connectivity index (χ1n) is 13.4. The minimum atomic E-state index is -6.69. The Kier molecular flexibility index (Phi) is 6.88. The molecule has 2 aromatic heterocycles. The van der Waals surface area contributed by atoms with Gasteiger partial charge < -0.3 is 9.80 Å². The van der Waals surface area contributed by atoms with Crippen molar-refractivity contribution in [1.82, 2.24) is 9.97 Å². The Hall–Kier alpha value is -3.82. The number of hydrogen-bond acceptors (Lipinski definition) is 4. The van der Waals surface area contributed by atoms with E-state index in [1.54, 1.807) is 0 Å². The van der Waals surface area contributed by atoms with E-state index in [1.807, 2.05) is 0 Å². The maximum absolute atomic E-state index is 14.6. The number of halogens is 16. The number of nitrogens with zero attached hydrogens (tertiary/aromatic N) is 4. The summed E-state index contributed by atoms with van der Waals surface area (Å²) >= 11 is 6.06. The Bertz CT molecular complexity index is 2200. The van der Waals surface area contributed by atoms with E-state index in [9.17, 15) is 71.1 Å². The number of hydrogen-bond donors (Lipinski definition) is 0. The van der Waals surface area contributed by atoms with Gasteiger partial charge in [-0.2, -0.15) is 61.5 Å². The van der Waals surface area contributed by atoms with Gasteiger partial charge in [-0.3, -0.25) is 19.6 Å². The molecule has 0 spiro atoms. The molecule has 0 radical (unpaired) electrons. The number of pyridine rings is 2. The fraction of sp³-hybridized carbons (Fsp3) is 0.286. The highest BCUT2D eigenvalue weighted by molar-refractivity contribution is 9.11. The van der Waals surface area contributed by atoms with E-state index in [4.69, 9.17) is 0 Å². The molecule has 2 aliphatic heterocycles. The Morgan fingerprint density at radius 1 is 0.540 bits per heavy atom. The van der Waals surface area contributed by atoms with Crippen molar-refractivity contribution in [2.75, 3.05) is 22.9 Å². The van der Waals surface area contributed by atoms with Gasteiger partial charge in [-0.05, 0) is 44.0 Å². The molecule has 22 heteroatoms. The smallest absolute Gasteiger partial charge is 0.300 e. The molecule has 3 aromatic carbocycles. The Morgan fingerprint density at radius 2 is 0.860 bits per heavy atom. The fourth-order valence-corrected chi connectivity index (χ4v) is 7.53. The summed E-state index contributed by atoms with van der Waals surface area (Å²) in [6, 6.07) is 2.22. The maximum Gasteiger partial charge on any atom is 0.459 e. The van der Waals surface area contributed by atoms with E-state index in [0.29, 0.717) is 0 Å². The van der Waals surface area contributed by atoms with Crippen LogP contribution in [0.5, 0.6) is 0 Å². The third-order valence-electron chi connectivity index (χ3n) is 8.51. The molecule has 0 fully saturated rings. The molecule has 5 aromatic rings. The average molecular weight is 858 g/mol. The van der Waals surface area contributed by atoms with E-state index in [-0.39, 0.29) is 62.1 Å². The predicted molar refractivity (Wildman–Crippen MR) is 154 cm³/mol. The number of rotatable bonds is 6. The van der Waals surface area contributed by atoms with Gasteiger partial charge in [-0.15, -0.1) is 0 Å². The molecule has 2 aliphatic rings. The first kappa shape index (κ1) is 34.6. The lowest BCUT2D eigenvalue weighted by atomic mass is 9.92. The SMILES string of the molecule is O=C1c2cnc3c4cc(Br)c5c6c(cnc(c7cc(Br)c(c2c73)N1CC(F)(F)C(F)(F)C(F)(F)F)c64)C(=O)N5CC(F)(F)C(F)(F)C(F)(F)F. The van der Waals surface area contributed by atoms with Crippen molar-refractivity contribution >= 4 is 98.4 Å². The van der Waals surface area contributed by atoms with Crippen LogP contribution in [0.2, 0.25) is 0 Å². The molecule has 6 nitrogen and oxygen atoms in total. The van der Waals surface area contributed by atoms with Crippen LogP contribution < -0.4 is 9.80 Å². The van der Waals surface area contributed by atoms with Gasteiger partial charge >= 0.3 is 36.0 Å². The van der Waals surface area contributed by atoms with Crippen molar-refractivity contribution < 1.29 is 71.1 Å². The summed E-state index contributed by atoms with van der Waals surface area (Å²) in [5.74, 6) is -27.6. The van der Waals surface area contributed by atoms with Crippen LogP contribution in [-0.2, 0) is 0 Å². The molecule has 7 rings (SSSR count). The first-order valence-corrected chi connectivity index (χ1v) is 14.9. The van der Waals surface area contributed by atoms with E-state index in [2.05, 4.69) is 41.8 Å². The Balaban J connectivity index is 1.46. The molecule has 0 saturated carbocycles. The molecule has 0 bridgehead atoms. The van der Waals surface area contributed by atoms with E-state index >= 15 is 0 Å². The number of aromatic nitrogens is 2. The number of carbonyl (C=O) groups is 2. The summed E-state index contributed by atoms with van der Waals surface area (Å²) in [6.45, 7) is -4.85. The second-order valence-electron chi connectivity index (χ2n) is 11.4. The van der Waals surface area contributed by atoms with Gasteiger partial charge in [0.2, 0.25) is 0 Å². The van der Waals surface area contributed by atoms with Gasteiger partial charge in [0.1, 0.15) is 0 Å². The molecule has 0 saturated heterocycles. The van der Waals surface area contributed by atoms with Crippen LogP contribution in [0.15, 0.2) is 33.5 Å². The quantitative estimate of drug-likeness (QED) is 0.0970. The molecule has 0 unspecified atom stereocenters. The molecule has 2 amide bonds.